The number of benzene rings is 1. The van der Waals surface area contributed by atoms with Crippen molar-refractivity contribution in [3.63, 3.8) is 0 Å². The van der Waals surface area contributed by atoms with Crippen molar-refractivity contribution in [2.45, 2.75) is 0 Å². The molecule has 4 rings (SSSR count). The smallest absolute Gasteiger partial charge is 0.267 e. The largest absolute Gasteiger partial charge is 0.283 e. The van der Waals surface area contributed by atoms with Crippen LogP contribution in [0.4, 0.5) is 4.39 Å². The standard InChI is InChI=1S/C17H10FN3OS2/c18-12-4-1-3-11(7-12)8-20-21-10-19-16-15(17(21)22)13(9-24-16)14-5-2-6-23-14/h1-10H/b20-8-. The molecule has 0 aliphatic heterocycles. The lowest BCUT2D eigenvalue weighted by Crippen LogP contribution is -2.16. The normalized spacial score (nSPS) is 11.5. The SMILES string of the molecule is O=c1c2c(-c3cccs3)csc2ncn1/N=C\c1cccc(F)c1. The van der Waals surface area contributed by atoms with Crippen molar-refractivity contribution in [2.75, 3.05) is 0 Å². The minimum atomic E-state index is -0.349. The molecule has 4 nitrogen and oxygen atoms in total. The average molecular weight is 355 g/mol. The maximum Gasteiger partial charge on any atom is 0.283 e. The zero-order valence-corrected chi connectivity index (χ0v) is 13.9. The minimum Gasteiger partial charge on any atom is -0.267 e. The Morgan fingerprint density at radius 2 is 2.12 bits per heavy atom. The van der Waals surface area contributed by atoms with Crippen molar-refractivity contribution < 1.29 is 4.39 Å². The van der Waals surface area contributed by atoms with E-state index in [0.29, 0.717) is 15.8 Å². The van der Waals surface area contributed by atoms with Crippen LogP contribution >= 0.6 is 22.7 Å². The maximum absolute atomic E-state index is 13.2. The molecule has 24 heavy (non-hydrogen) atoms. The van der Waals surface area contributed by atoms with E-state index in [9.17, 15) is 9.18 Å². The molecular formula is C17H10FN3OS2. The molecule has 7 heteroatoms. The molecule has 0 atom stereocenters. The highest BCUT2D eigenvalue weighted by molar-refractivity contribution is 7.18. The zero-order valence-electron chi connectivity index (χ0n) is 12.2. The van der Waals surface area contributed by atoms with Crippen LogP contribution in [0.25, 0.3) is 20.7 Å². The summed E-state index contributed by atoms with van der Waals surface area (Å²) in [7, 11) is 0. The van der Waals surface area contributed by atoms with Gasteiger partial charge >= 0.3 is 0 Å². The van der Waals surface area contributed by atoms with Crippen molar-refractivity contribution in [3.05, 3.63) is 75.2 Å². The van der Waals surface area contributed by atoms with Crippen molar-refractivity contribution in [3.8, 4) is 10.4 Å². The predicted molar refractivity (Wildman–Crippen MR) is 96.6 cm³/mol. The Kier molecular flexibility index (Phi) is 3.79. The predicted octanol–water partition coefficient (Wildman–Crippen LogP) is 4.21. The molecule has 0 spiro atoms. The van der Waals surface area contributed by atoms with E-state index in [2.05, 4.69) is 10.1 Å². The van der Waals surface area contributed by atoms with Gasteiger partial charge in [-0.05, 0) is 29.1 Å². The highest BCUT2D eigenvalue weighted by atomic mass is 32.1. The number of nitrogens with zero attached hydrogens (tertiary/aromatic N) is 3. The fraction of sp³-hybridized carbons (Fsp3) is 0. The third kappa shape index (κ3) is 2.68. The monoisotopic (exact) mass is 355 g/mol. The molecule has 0 amide bonds. The van der Waals surface area contributed by atoms with Crippen LogP contribution < -0.4 is 5.56 Å². The Hall–Kier alpha value is -2.64. The highest BCUT2D eigenvalue weighted by Gasteiger charge is 2.13. The molecule has 0 saturated heterocycles. The van der Waals surface area contributed by atoms with E-state index < -0.39 is 0 Å². The van der Waals surface area contributed by atoms with E-state index in [4.69, 9.17) is 0 Å². The molecular weight excluding hydrogens is 345 g/mol. The van der Waals surface area contributed by atoms with Gasteiger partial charge < -0.3 is 0 Å². The van der Waals surface area contributed by atoms with Gasteiger partial charge in [-0.1, -0.05) is 18.2 Å². The summed E-state index contributed by atoms with van der Waals surface area (Å²) in [6, 6.07) is 9.93. The Morgan fingerprint density at radius 3 is 2.92 bits per heavy atom. The number of halogens is 1. The highest BCUT2D eigenvalue weighted by Crippen LogP contribution is 2.33. The number of rotatable bonds is 3. The molecule has 3 heterocycles. The lowest BCUT2D eigenvalue weighted by Gasteiger charge is -1.99. The van der Waals surface area contributed by atoms with Gasteiger partial charge in [0.2, 0.25) is 0 Å². The maximum atomic E-state index is 13.2. The summed E-state index contributed by atoms with van der Waals surface area (Å²) in [5, 5.41) is 8.59. The van der Waals surface area contributed by atoms with Gasteiger partial charge in [-0.2, -0.15) is 9.78 Å². The first-order valence-electron chi connectivity index (χ1n) is 7.05. The van der Waals surface area contributed by atoms with E-state index in [1.165, 1.54) is 40.7 Å². The van der Waals surface area contributed by atoms with Crippen molar-refractivity contribution >= 4 is 39.1 Å². The Balaban J connectivity index is 1.81. The number of hydrogen-bond donors (Lipinski definition) is 0. The van der Waals surface area contributed by atoms with Crippen LogP contribution in [0.15, 0.2) is 63.4 Å². The van der Waals surface area contributed by atoms with Crippen LogP contribution in [-0.4, -0.2) is 15.9 Å². The molecule has 0 fully saturated rings. The summed E-state index contributed by atoms with van der Waals surface area (Å²) >= 11 is 3.00. The van der Waals surface area contributed by atoms with Crippen LogP contribution in [0.5, 0.6) is 0 Å². The Morgan fingerprint density at radius 1 is 1.21 bits per heavy atom. The molecule has 3 aromatic heterocycles. The van der Waals surface area contributed by atoms with Crippen molar-refractivity contribution in [1.29, 1.82) is 0 Å². The van der Waals surface area contributed by atoms with Crippen molar-refractivity contribution in [1.82, 2.24) is 9.66 Å². The first-order chi connectivity index (χ1) is 11.7. The number of aromatic nitrogens is 2. The van der Waals surface area contributed by atoms with Gasteiger partial charge in [0.1, 0.15) is 17.0 Å². The number of fused-ring (bicyclic) bond motifs is 1. The molecule has 0 aliphatic carbocycles. The topological polar surface area (TPSA) is 47.2 Å². The van der Waals surface area contributed by atoms with Crippen LogP contribution in [0.3, 0.4) is 0 Å². The second-order valence-electron chi connectivity index (χ2n) is 5.00. The molecule has 1 aromatic carbocycles. The van der Waals surface area contributed by atoms with Crippen LogP contribution in [-0.2, 0) is 0 Å². The number of hydrogen-bond acceptors (Lipinski definition) is 5. The Bertz CT molecular complexity index is 1100. The average Bonchev–Trinajstić information content (AvgIpc) is 3.23. The summed E-state index contributed by atoms with van der Waals surface area (Å²) in [5.41, 5.74) is 1.21. The van der Waals surface area contributed by atoms with E-state index in [1.807, 2.05) is 22.9 Å². The summed E-state index contributed by atoms with van der Waals surface area (Å²) in [5.74, 6) is -0.349. The van der Waals surface area contributed by atoms with Gasteiger partial charge in [0.25, 0.3) is 5.56 Å². The molecule has 0 aliphatic rings. The van der Waals surface area contributed by atoms with Crippen molar-refractivity contribution in [2.24, 2.45) is 5.10 Å². The molecule has 0 radical (unpaired) electrons. The molecule has 0 unspecified atom stereocenters. The van der Waals surface area contributed by atoms with Gasteiger partial charge in [-0.3, -0.25) is 4.79 Å². The van der Waals surface area contributed by atoms with E-state index >= 15 is 0 Å². The molecule has 4 aromatic rings. The lowest BCUT2D eigenvalue weighted by atomic mass is 10.2. The van der Waals surface area contributed by atoms with Gasteiger partial charge in [0.05, 0.1) is 11.6 Å². The lowest BCUT2D eigenvalue weighted by molar-refractivity contribution is 0.627. The number of thiophene rings is 2. The van der Waals surface area contributed by atoms with Gasteiger partial charge in [0, 0.05) is 15.8 Å². The summed E-state index contributed by atoms with van der Waals surface area (Å²) < 4.78 is 14.4. The van der Waals surface area contributed by atoms with E-state index in [0.717, 1.165) is 10.4 Å². The zero-order chi connectivity index (χ0) is 16.5. The molecule has 118 valence electrons. The quantitative estimate of drug-likeness (QED) is 0.517. The third-order valence-electron chi connectivity index (χ3n) is 3.44. The van der Waals surface area contributed by atoms with Crippen LogP contribution in [0.2, 0.25) is 0 Å². The summed E-state index contributed by atoms with van der Waals surface area (Å²) in [6.07, 6.45) is 2.82. The van der Waals surface area contributed by atoms with Crippen LogP contribution in [0, 0.1) is 5.82 Å². The van der Waals surface area contributed by atoms with E-state index in [-0.39, 0.29) is 11.4 Å². The van der Waals surface area contributed by atoms with Gasteiger partial charge in [-0.25, -0.2) is 9.37 Å². The summed E-state index contributed by atoms with van der Waals surface area (Å²) in [6.45, 7) is 0. The van der Waals surface area contributed by atoms with Gasteiger partial charge in [-0.15, -0.1) is 22.7 Å². The van der Waals surface area contributed by atoms with Crippen LogP contribution in [0.1, 0.15) is 5.56 Å². The second-order valence-corrected chi connectivity index (χ2v) is 6.81. The molecule has 0 N–H and O–H groups in total. The summed E-state index contributed by atoms with van der Waals surface area (Å²) in [4.78, 5) is 18.7. The Labute approximate surface area is 144 Å². The third-order valence-corrected chi connectivity index (χ3v) is 5.23. The second kappa shape index (κ2) is 6.10. The first kappa shape index (κ1) is 14.9. The fourth-order valence-corrected chi connectivity index (χ4v) is 4.06. The van der Waals surface area contributed by atoms with Gasteiger partial charge in [0.15, 0.2) is 0 Å². The first-order valence-corrected chi connectivity index (χ1v) is 8.81. The minimum absolute atomic E-state index is 0.239. The molecule has 0 bridgehead atoms. The van der Waals surface area contributed by atoms with E-state index in [1.54, 1.807) is 23.5 Å². The fourth-order valence-electron chi connectivity index (χ4n) is 2.33. The molecule has 0 saturated carbocycles.